The molecule has 1 atom stereocenters. The second kappa shape index (κ2) is 4.42. The van der Waals surface area contributed by atoms with Crippen molar-refractivity contribution in [2.75, 3.05) is 4.43 Å². The monoisotopic (exact) mass is 326 g/mol. The third-order valence-electron chi connectivity index (χ3n) is 1.38. The molecule has 0 spiro atoms. The fraction of sp³-hybridized carbons (Fsp3) is 0.250. The Kier molecular flexibility index (Phi) is 3.81. The molecule has 1 aromatic carbocycles. The summed E-state index contributed by atoms with van der Waals surface area (Å²) in [6, 6.07) is 7.73. The van der Waals surface area contributed by atoms with E-state index in [4.69, 9.17) is 0 Å². The minimum absolute atomic E-state index is 0.340. The van der Waals surface area contributed by atoms with Crippen molar-refractivity contribution in [3.63, 3.8) is 0 Å². The molecular formula is C8H8BrIO. The van der Waals surface area contributed by atoms with E-state index in [2.05, 4.69) is 38.5 Å². The maximum atomic E-state index is 9.43. The normalized spacial score (nSPS) is 13.0. The molecule has 1 nitrogen and oxygen atoms in total. The zero-order valence-electron chi connectivity index (χ0n) is 5.80. The molecule has 3 heteroatoms. The molecule has 0 fully saturated rings. The van der Waals surface area contributed by atoms with Crippen molar-refractivity contribution in [1.82, 2.24) is 0 Å². The number of alkyl halides is 1. The van der Waals surface area contributed by atoms with E-state index in [0.717, 1.165) is 14.5 Å². The van der Waals surface area contributed by atoms with Crippen molar-refractivity contribution in [3.8, 4) is 0 Å². The number of hydrogen-bond donors (Lipinski definition) is 1. The van der Waals surface area contributed by atoms with E-state index < -0.39 is 0 Å². The van der Waals surface area contributed by atoms with Gasteiger partial charge in [0.05, 0.1) is 6.10 Å². The standard InChI is InChI=1S/C8H8BrIO/c9-7-3-1-2-6(4-7)8(11)5-10/h1-4,8,11H,5H2. The van der Waals surface area contributed by atoms with E-state index in [9.17, 15) is 5.11 Å². The molecule has 0 amide bonds. The van der Waals surface area contributed by atoms with Crippen molar-refractivity contribution in [2.45, 2.75) is 6.10 Å². The highest BCUT2D eigenvalue weighted by Gasteiger charge is 2.03. The van der Waals surface area contributed by atoms with Crippen molar-refractivity contribution in [1.29, 1.82) is 0 Å². The Morgan fingerprint density at radius 2 is 2.27 bits per heavy atom. The molecule has 0 aliphatic heterocycles. The van der Waals surface area contributed by atoms with Crippen LogP contribution < -0.4 is 0 Å². The molecule has 0 saturated carbocycles. The van der Waals surface area contributed by atoms with Crippen LogP contribution >= 0.6 is 38.5 Å². The first-order valence-electron chi connectivity index (χ1n) is 3.23. The van der Waals surface area contributed by atoms with E-state index in [-0.39, 0.29) is 6.10 Å². The van der Waals surface area contributed by atoms with Gasteiger partial charge in [0.15, 0.2) is 0 Å². The summed E-state index contributed by atoms with van der Waals surface area (Å²) in [7, 11) is 0. The zero-order chi connectivity index (χ0) is 8.27. The van der Waals surface area contributed by atoms with Gasteiger partial charge in [-0.3, -0.25) is 0 Å². The lowest BCUT2D eigenvalue weighted by atomic mass is 10.1. The lowest BCUT2D eigenvalue weighted by Crippen LogP contribution is -1.97. The Bertz CT molecular complexity index is 239. The summed E-state index contributed by atoms with van der Waals surface area (Å²) in [5.74, 6) is 0. The lowest BCUT2D eigenvalue weighted by molar-refractivity contribution is 0.207. The van der Waals surface area contributed by atoms with Crippen molar-refractivity contribution in [3.05, 3.63) is 34.3 Å². The molecule has 1 unspecified atom stereocenters. The van der Waals surface area contributed by atoms with Crippen LogP contribution in [-0.4, -0.2) is 9.53 Å². The molecule has 0 radical (unpaired) electrons. The molecule has 0 aliphatic rings. The fourth-order valence-corrected chi connectivity index (χ4v) is 1.73. The van der Waals surface area contributed by atoms with Crippen LogP contribution in [0.25, 0.3) is 0 Å². The molecule has 11 heavy (non-hydrogen) atoms. The third-order valence-corrected chi connectivity index (χ3v) is 2.71. The van der Waals surface area contributed by atoms with E-state index in [0.29, 0.717) is 0 Å². The lowest BCUT2D eigenvalue weighted by Gasteiger charge is -2.06. The number of aliphatic hydroxyl groups is 1. The van der Waals surface area contributed by atoms with Crippen LogP contribution in [0.4, 0.5) is 0 Å². The summed E-state index contributed by atoms with van der Waals surface area (Å²) in [6.45, 7) is 0. The fourth-order valence-electron chi connectivity index (χ4n) is 0.803. The summed E-state index contributed by atoms with van der Waals surface area (Å²) in [5.41, 5.74) is 0.966. The van der Waals surface area contributed by atoms with Crippen LogP contribution in [0.15, 0.2) is 28.7 Å². The van der Waals surface area contributed by atoms with Gasteiger partial charge < -0.3 is 5.11 Å². The number of benzene rings is 1. The topological polar surface area (TPSA) is 20.2 Å². The molecular weight excluding hydrogens is 319 g/mol. The summed E-state index contributed by atoms with van der Waals surface area (Å²) in [4.78, 5) is 0. The largest absolute Gasteiger partial charge is 0.388 e. The van der Waals surface area contributed by atoms with Crippen LogP contribution in [0.1, 0.15) is 11.7 Å². The first-order valence-corrected chi connectivity index (χ1v) is 5.55. The van der Waals surface area contributed by atoms with E-state index >= 15 is 0 Å². The molecule has 0 saturated heterocycles. The predicted octanol–water partition coefficient (Wildman–Crippen LogP) is 2.92. The average Bonchev–Trinajstić information content (AvgIpc) is 2.03. The quantitative estimate of drug-likeness (QED) is 0.654. The maximum Gasteiger partial charge on any atom is 0.0879 e. The Morgan fingerprint density at radius 3 is 2.82 bits per heavy atom. The summed E-state index contributed by atoms with van der Waals surface area (Å²) < 4.78 is 1.74. The van der Waals surface area contributed by atoms with E-state index in [1.807, 2.05) is 24.3 Å². The van der Waals surface area contributed by atoms with Crippen LogP contribution in [-0.2, 0) is 0 Å². The highest BCUT2D eigenvalue weighted by molar-refractivity contribution is 14.1. The zero-order valence-corrected chi connectivity index (χ0v) is 9.54. The second-order valence-corrected chi connectivity index (χ2v) is 4.02. The molecule has 0 heterocycles. The highest BCUT2D eigenvalue weighted by atomic mass is 127. The second-order valence-electron chi connectivity index (χ2n) is 2.23. The Balaban J connectivity index is 2.86. The van der Waals surface area contributed by atoms with E-state index in [1.165, 1.54) is 0 Å². The van der Waals surface area contributed by atoms with Gasteiger partial charge in [0, 0.05) is 8.90 Å². The molecule has 0 aromatic heterocycles. The molecule has 0 bridgehead atoms. The van der Waals surface area contributed by atoms with Crippen molar-refractivity contribution < 1.29 is 5.11 Å². The maximum absolute atomic E-state index is 9.43. The predicted molar refractivity (Wildman–Crippen MR) is 58.0 cm³/mol. The summed E-state index contributed by atoms with van der Waals surface area (Å²) in [5, 5.41) is 9.43. The highest BCUT2D eigenvalue weighted by Crippen LogP contribution is 2.19. The van der Waals surface area contributed by atoms with Crippen molar-refractivity contribution in [2.24, 2.45) is 0 Å². The Labute approximate surface area is 88.1 Å². The van der Waals surface area contributed by atoms with Gasteiger partial charge >= 0.3 is 0 Å². The van der Waals surface area contributed by atoms with Gasteiger partial charge in [0.2, 0.25) is 0 Å². The van der Waals surface area contributed by atoms with Crippen LogP contribution in [0.2, 0.25) is 0 Å². The van der Waals surface area contributed by atoms with Crippen LogP contribution in [0.3, 0.4) is 0 Å². The molecule has 60 valence electrons. The summed E-state index contributed by atoms with van der Waals surface area (Å²) in [6.07, 6.45) is -0.340. The van der Waals surface area contributed by atoms with Crippen molar-refractivity contribution >= 4 is 38.5 Å². The Hall–Kier alpha value is 0.390. The number of aliphatic hydroxyl groups excluding tert-OH is 1. The van der Waals surface area contributed by atoms with Crippen LogP contribution in [0, 0.1) is 0 Å². The molecule has 0 aliphatic carbocycles. The minimum atomic E-state index is -0.340. The average molecular weight is 327 g/mol. The number of hydrogen-bond acceptors (Lipinski definition) is 1. The first-order chi connectivity index (χ1) is 5.24. The number of halogens is 2. The van der Waals surface area contributed by atoms with E-state index in [1.54, 1.807) is 0 Å². The first kappa shape index (κ1) is 9.48. The minimum Gasteiger partial charge on any atom is -0.388 e. The van der Waals surface area contributed by atoms with Gasteiger partial charge in [-0.05, 0) is 17.7 Å². The molecule has 1 N–H and O–H groups in total. The van der Waals surface area contributed by atoms with Gasteiger partial charge in [0.1, 0.15) is 0 Å². The van der Waals surface area contributed by atoms with Gasteiger partial charge in [-0.2, -0.15) is 0 Å². The molecule has 1 aromatic rings. The van der Waals surface area contributed by atoms with Gasteiger partial charge in [0.25, 0.3) is 0 Å². The summed E-state index contributed by atoms with van der Waals surface area (Å²) >= 11 is 5.51. The van der Waals surface area contributed by atoms with Gasteiger partial charge in [-0.15, -0.1) is 0 Å². The van der Waals surface area contributed by atoms with Crippen LogP contribution in [0.5, 0.6) is 0 Å². The smallest absolute Gasteiger partial charge is 0.0879 e. The molecule has 1 rings (SSSR count). The Morgan fingerprint density at radius 1 is 1.55 bits per heavy atom. The van der Waals surface area contributed by atoms with Gasteiger partial charge in [-0.1, -0.05) is 50.7 Å². The van der Waals surface area contributed by atoms with Gasteiger partial charge in [-0.25, -0.2) is 0 Å². The SMILES string of the molecule is OC(CI)c1cccc(Br)c1. The third kappa shape index (κ3) is 2.72. The number of rotatable bonds is 2.